The van der Waals surface area contributed by atoms with Crippen molar-refractivity contribution >= 4 is 0 Å². The largest absolute Gasteiger partial charge is 0.192 e. The van der Waals surface area contributed by atoms with E-state index in [1.165, 1.54) is 48.8 Å². The Morgan fingerprint density at radius 1 is 0.963 bits per heavy atom. The van der Waals surface area contributed by atoms with Gasteiger partial charge >= 0.3 is 0 Å². The Bertz CT molecular complexity index is 816. The molecule has 27 heavy (non-hydrogen) atoms. The van der Waals surface area contributed by atoms with Gasteiger partial charge in [-0.15, -0.1) is 0 Å². The van der Waals surface area contributed by atoms with Gasteiger partial charge in [-0.05, 0) is 86.6 Å². The Labute approximate surface area is 164 Å². The number of rotatable bonds is 7. The summed E-state index contributed by atoms with van der Waals surface area (Å²) in [6.07, 6.45) is 15.1. The number of hydrogen-bond acceptors (Lipinski definition) is 1. The van der Waals surface area contributed by atoms with Gasteiger partial charge < -0.3 is 0 Å². The van der Waals surface area contributed by atoms with E-state index in [-0.39, 0.29) is 0 Å². The van der Waals surface area contributed by atoms with Crippen LogP contribution >= 0.6 is 0 Å². The minimum Gasteiger partial charge on any atom is -0.192 e. The highest BCUT2D eigenvalue weighted by Crippen LogP contribution is 2.33. The summed E-state index contributed by atoms with van der Waals surface area (Å²) < 4.78 is 0. The van der Waals surface area contributed by atoms with Gasteiger partial charge in [0, 0.05) is 0 Å². The molecule has 0 aromatic heterocycles. The number of aryl methyl sites for hydroxylation is 2. The third-order valence-electron chi connectivity index (χ3n) is 5.61. The molecule has 0 radical (unpaired) electrons. The first-order valence-corrected chi connectivity index (χ1v) is 10.2. The van der Waals surface area contributed by atoms with Crippen LogP contribution in [0, 0.1) is 11.3 Å². The van der Waals surface area contributed by atoms with Crippen LogP contribution in [0.25, 0.3) is 0 Å². The molecule has 0 fully saturated rings. The summed E-state index contributed by atoms with van der Waals surface area (Å²) in [7, 11) is 0. The Morgan fingerprint density at radius 3 is 2.19 bits per heavy atom. The highest BCUT2D eigenvalue weighted by molar-refractivity contribution is 5.33. The predicted molar refractivity (Wildman–Crippen MR) is 114 cm³/mol. The van der Waals surface area contributed by atoms with E-state index in [0.717, 1.165) is 18.4 Å². The molecule has 1 nitrogen and oxygen atoms in total. The summed E-state index contributed by atoms with van der Waals surface area (Å²) in [6.45, 7) is 2.10. The molecule has 0 spiro atoms. The predicted octanol–water partition coefficient (Wildman–Crippen LogP) is 6.89. The maximum absolute atomic E-state index is 8.88. The second-order valence-electron chi connectivity index (χ2n) is 7.49. The van der Waals surface area contributed by atoms with Crippen molar-refractivity contribution in [3.8, 4) is 6.07 Å². The van der Waals surface area contributed by atoms with Gasteiger partial charge in [0.2, 0.25) is 0 Å². The lowest BCUT2D eigenvalue weighted by Gasteiger charge is -2.22. The molecule has 1 atom stereocenters. The van der Waals surface area contributed by atoms with Gasteiger partial charge in [0.1, 0.15) is 0 Å². The monoisotopic (exact) mass is 355 g/mol. The molecule has 1 heteroatoms. The number of nitriles is 1. The van der Waals surface area contributed by atoms with Crippen LogP contribution in [-0.2, 0) is 12.8 Å². The first kappa shape index (κ1) is 19.2. The molecule has 0 heterocycles. The topological polar surface area (TPSA) is 23.8 Å². The second kappa shape index (κ2) is 9.93. The minimum absolute atomic E-state index is 0.683. The molecular weight excluding hydrogens is 326 g/mol. The lowest BCUT2D eigenvalue weighted by Crippen LogP contribution is -2.04. The molecule has 1 aliphatic rings. The molecule has 0 aliphatic heterocycles. The normalized spacial score (nSPS) is 16.9. The highest BCUT2D eigenvalue weighted by Gasteiger charge is 2.15. The fraction of sp³-hybridized carbons (Fsp3) is 0.346. The molecule has 1 aliphatic carbocycles. The minimum atomic E-state index is 0.683. The van der Waals surface area contributed by atoms with E-state index in [1.807, 2.05) is 12.1 Å². The highest BCUT2D eigenvalue weighted by atomic mass is 14.2. The van der Waals surface area contributed by atoms with Crippen molar-refractivity contribution in [2.24, 2.45) is 0 Å². The smallest absolute Gasteiger partial charge is 0.0991 e. The zero-order valence-corrected chi connectivity index (χ0v) is 16.3. The van der Waals surface area contributed by atoms with Crippen molar-refractivity contribution in [3.63, 3.8) is 0 Å². The van der Waals surface area contributed by atoms with Crippen LogP contribution in [0.2, 0.25) is 0 Å². The Balaban J connectivity index is 1.50. The van der Waals surface area contributed by atoms with Gasteiger partial charge in [0.15, 0.2) is 0 Å². The number of hydrogen-bond donors (Lipinski definition) is 0. The molecule has 2 aromatic rings. The molecule has 1 unspecified atom stereocenters. The average Bonchev–Trinajstić information content (AvgIpc) is 2.74. The van der Waals surface area contributed by atoms with Crippen molar-refractivity contribution in [3.05, 3.63) is 94.6 Å². The van der Waals surface area contributed by atoms with Gasteiger partial charge in [-0.3, -0.25) is 0 Å². The van der Waals surface area contributed by atoms with Gasteiger partial charge in [-0.25, -0.2) is 0 Å². The van der Waals surface area contributed by atoms with E-state index in [0.29, 0.717) is 5.92 Å². The average molecular weight is 356 g/mol. The van der Waals surface area contributed by atoms with E-state index in [1.54, 1.807) is 5.57 Å². The van der Waals surface area contributed by atoms with Crippen molar-refractivity contribution in [1.82, 2.24) is 0 Å². The number of nitrogens with zero attached hydrogens (tertiary/aromatic N) is 1. The summed E-state index contributed by atoms with van der Waals surface area (Å²) in [6, 6.07) is 19.4. The molecular formula is C26H29N. The summed E-state index contributed by atoms with van der Waals surface area (Å²) in [5.41, 5.74) is 6.54. The summed E-state index contributed by atoms with van der Waals surface area (Å²) in [5.74, 6) is 0.683. The van der Waals surface area contributed by atoms with E-state index in [9.17, 15) is 0 Å². The van der Waals surface area contributed by atoms with Crippen molar-refractivity contribution in [2.75, 3.05) is 0 Å². The van der Waals surface area contributed by atoms with Gasteiger partial charge in [-0.2, -0.15) is 5.26 Å². The fourth-order valence-electron chi connectivity index (χ4n) is 3.84. The standard InChI is InChI=1S/C26H29N/c1-2-3-4-5-21-12-16-25(17-13-21)26-18-14-23(15-19-26)7-6-22-8-10-24(20-27)11-9-22/h2-3,8-12,14-15,18-19,25H,4-7,13,16-17H2,1H3/b3-2+. The van der Waals surface area contributed by atoms with Crippen LogP contribution in [0.3, 0.4) is 0 Å². The molecule has 0 bridgehead atoms. The Morgan fingerprint density at radius 2 is 1.63 bits per heavy atom. The molecule has 0 N–H and O–H groups in total. The molecule has 138 valence electrons. The molecule has 0 amide bonds. The van der Waals surface area contributed by atoms with E-state index in [4.69, 9.17) is 5.26 Å². The molecule has 2 aromatic carbocycles. The van der Waals surface area contributed by atoms with Crippen molar-refractivity contribution in [2.45, 2.75) is 57.8 Å². The van der Waals surface area contributed by atoms with Crippen molar-refractivity contribution < 1.29 is 0 Å². The zero-order chi connectivity index (χ0) is 18.9. The fourth-order valence-corrected chi connectivity index (χ4v) is 3.84. The first-order chi connectivity index (χ1) is 13.3. The lowest BCUT2D eigenvalue weighted by molar-refractivity contribution is 0.586. The number of benzene rings is 2. The van der Waals surface area contributed by atoms with Crippen LogP contribution in [0.1, 0.15) is 67.2 Å². The van der Waals surface area contributed by atoms with Crippen LogP contribution in [0.5, 0.6) is 0 Å². The second-order valence-corrected chi connectivity index (χ2v) is 7.49. The quantitative estimate of drug-likeness (QED) is 0.496. The van der Waals surface area contributed by atoms with E-state index in [2.05, 4.69) is 67.6 Å². The van der Waals surface area contributed by atoms with E-state index < -0.39 is 0 Å². The van der Waals surface area contributed by atoms with Gasteiger partial charge in [0.05, 0.1) is 11.6 Å². The Kier molecular flexibility index (Phi) is 7.05. The van der Waals surface area contributed by atoms with Crippen LogP contribution in [0.15, 0.2) is 72.3 Å². The summed E-state index contributed by atoms with van der Waals surface area (Å²) in [5, 5.41) is 8.88. The van der Waals surface area contributed by atoms with E-state index >= 15 is 0 Å². The van der Waals surface area contributed by atoms with Gasteiger partial charge in [-0.1, -0.05) is 60.2 Å². The van der Waals surface area contributed by atoms with Crippen LogP contribution in [0.4, 0.5) is 0 Å². The van der Waals surface area contributed by atoms with Crippen LogP contribution < -0.4 is 0 Å². The van der Waals surface area contributed by atoms with Crippen molar-refractivity contribution in [1.29, 1.82) is 5.26 Å². The van der Waals surface area contributed by atoms with Crippen LogP contribution in [-0.4, -0.2) is 0 Å². The summed E-state index contributed by atoms with van der Waals surface area (Å²) >= 11 is 0. The maximum Gasteiger partial charge on any atom is 0.0991 e. The van der Waals surface area contributed by atoms with Gasteiger partial charge in [0.25, 0.3) is 0 Å². The number of allylic oxidation sites excluding steroid dienone is 4. The summed E-state index contributed by atoms with van der Waals surface area (Å²) in [4.78, 5) is 0. The molecule has 0 saturated heterocycles. The third-order valence-corrected chi connectivity index (χ3v) is 5.61. The Hall–Kier alpha value is -2.59. The lowest BCUT2D eigenvalue weighted by atomic mass is 9.83. The SMILES string of the molecule is C/C=C/CCC1=CCC(c2ccc(CCc3ccc(C#N)cc3)cc2)CC1. The molecule has 0 saturated carbocycles. The zero-order valence-electron chi connectivity index (χ0n) is 16.3. The third kappa shape index (κ3) is 5.69. The maximum atomic E-state index is 8.88. The molecule has 3 rings (SSSR count). The first-order valence-electron chi connectivity index (χ1n) is 10.2.